The number of thiazole rings is 1. The molecule has 2 aromatic heterocycles. The number of benzene rings is 1. The van der Waals surface area contributed by atoms with Gasteiger partial charge in [-0.2, -0.15) is 15.6 Å². The number of aromatic amines is 1. The molecule has 2 heterocycles. The van der Waals surface area contributed by atoms with Crippen molar-refractivity contribution in [3.63, 3.8) is 0 Å². The predicted molar refractivity (Wildman–Crippen MR) is 93.7 cm³/mol. The highest BCUT2D eigenvalue weighted by Crippen LogP contribution is 2.39. The summed E-state index contributed by atoms with van der Waals surface area (Å²) >= 11 is 7.43. The average molecular weight is 374 g/mol. The molecule has 25 heavy (non-hydrogen) atoms. The van der Waals surface area contributed by atoms with E-state index in [4.69, 9.17) is 11.6 Å². The summed E-state index contributed by atoms with van der Waals surface area (Å²) in [4.78, 5) is 5.73. The Labute approximate surface area is 152 Å². The van der Waals surface area contributed by atoms with Gasteiger partial charge in [0, 0.05) is 10.4 Å². The minimum absolute atomic E-state index is 0.0629. The van der Waals surface area contributed by atoms with E-state index >= 15 is 0 Å². The van der Waals surface area contributed by atoms with Crippen LogP contribution in [0, 0.1) is 23.1 Å². The van der Waals surface area contributed by atoms with Crippen LogP contribution in [0.4, 0.5) is 4.39 Å². The molecule has 0 spiro atoms. The van der Waals surface area contributed by atoms with Crippen LogP contribution in [0.5, 0.6) is 0 Å². The van der Waals surface area contributed by atoms with Gasteiger partial charge in [0.25, 0.3) is 0 Å². The van der Waals surface area contributed by atoms with Crippen LogP contribution in [0.3, 0.4) is 0 Å². The molecule has 1 aromatic carbocycles. The van der Waals surface area contributed by atoms with E-state index < -0.39 is 5.82 Å². The van der Waals surface area contributed by atoms with Crippen molar-refractivity contribution in [2.75, 3.05) is 0 Å². The predicted octanol–water partition coefficient (Wildman–Crippen LogP) is 4.60. The summed E-state index contributed by atoms with van der Waals surface area (Å²) in [6.07, 6.45) is 4.53. The van der Waals surface area contributed by atoms with Gasteiger partial charge >= 0.3 is 0 Å². The number of H-pyrrole nitrogens is 1. The molecule has 3 aromatic rings. The van der Waals surface area contributed by atoms with Crippen LogP contribution in [0.25, 0.3) is 22.0 Å². The summed E-state index contributed by atoms with van der Waals surface area (Å²) in [6, 6.07) is 6.59. The van der Waals surface area contributed by atoms with Crippen LogP contribution >= 0.6 is 22.9 Å². The zero-order valence-electron chi connectivity index (χ0n) is 13.1. The quantitative estimate of drug-likeness (QED) is 0.708. The van der Waals surface area contributed by atoms with Crippen molar-refractivity contribution in [1.29, 1.82) is 5.26 Å². The van der Waals surface area contributed by atoms with Crippen LogP contribution in [-0.4, -0.2) is 20.4 Å². The minimum Gasteiger partial charge on any atom is -0.234 e. The molecule has 0 radical (unpaired) electrons. The average Bonchev–Trinajstić information content (AvgIpc) is 3.16. The molecule has 5 nitrogen and oxygen atoms in total. The molecule has 0 aliphatic heterocycles. The number of nitrogens with zero attached hydrogens (tertiary/aromatic N) is 4. The summed E-state index contributed by atoms with van der Waals surface area (Å²) in [5.41, 5.74) is 2.11. The minimum atomic E-state index is -0.459. The zero-order valence-corrected chi connectivity index (χ0v) is 14.7. The molecule has 0 amide bonds. The molecule has 1 aliphatic carbocycles. The molecule has 4 rings (SSSR count). The highest BCUT2D eigenvalue weighted by Gasteiger charge is 2.25. The first kappa shape index (κ1) is 16.2. The van der Waals surface area contributed by atoms with Crippen molar-refractivity contribution < 1.29 is 4.39 Å². The Morgan fingerprint density at radius 1 is 1.32 bits per heavy atom. The third-order valence-corrected chi connectivity index (χ3v) is 5.67. The number of aromatic nitrogens is 4. The summed E-state index contributed by atoms with van der Waals surface area (Å²) in [5.74, 6) is 0.325. The lowest BCUT2D eigenvalue weighted by Gasteiger charge is -1.98. The Morgan fingerprint density at radius 3 is 2.88 bits per heavy atom. The molecule has 126 valence electrons. The third kappa shape index (κ3) is 3.28. The summed E-state index contributed by atoms with van der Waals surface area (Å²) < 4.78 is 13.4. The van der Waals surface area contributed by atoms with Crippen molar-refractivity contribution in [2.45, 2.75) is 25.7 Å². The number of halogens is 2. The monoisotopic (exact) mass is 373 g/mol. The van der Waals surface area contributed by atoms with Crippen molar-refractivity contribution in [2.24, 2.45) is 5.92 Å². The molecular weight excluding hydrogens is 361 g/mol. The van der Waals surface area contributed by atoms with Crippen LogP contribution in [0.2, 0.25) is 5.02 Å². The summed E-state index contributed by atoms with van der Waals surface area (Å²) in [5, 5.41) is 20.5. The van der Waals surface area contributed by atoms with Crippen molar-refractivity contribution in [3.8, 4) is 28.0 Å². The Bertz CT molecular complexity index is 970. The fraction of sp³-hybridized carbons (Fsp3) is 0.294. The maximum absolute atomic E-state index is 13.4. The van der Waals surface area contributed by atoms with Gasteiger partial charge in [-0.25, -0.2) is 9.37 Å². The second-order valence-electron chi connectivity index (χ2n) is 6.03. The van der Waals surface area contributed by atoms with Gasteiger partial charge < -0.3 is 0 Å². The third-order valence-electron chi connectivity index (χ3n) is 4.22. The molecule has 0 saturated heterocycles. The maximum atomic E-state index is 13.4. The largest absolute Gasteiger partial charge is 0.234 e. The summed E-state index contributed by atoms with van der Waals surface area (Å²) in [7, 11) is 0. The smallest absolute Gasteiger partial charge is 0.192 e. The van der Waals surface area contributed by atoms with E-state index in [9.17, 15) is 9.65 Å². The Balaban J connectivity index is 1.76. The first-order chi connectivity index (χ1) is 12.2. The van der Waals surface area contributed by atoms with Crippen molar-refractivity contribution in [3.05, 3.63) is 39.6 Å². The lowest BCUT2D eigenvalue weighted by atomic mass is 10.1. The van der Waals surface area contributed by atoms with E-state index in [1.165, 1.54) is 30.2 Å². The molecule has 1 saturated carbocycles. The van der Waals surface area contributed by atoms with Crippen LogP contribution in [-0.2, 0) is 6.42 Å². The van der Waals surface area contributed by atoms with E-state index in [1.54, 1.807) is 12.1 Å². The molecule has 0 atom stereocenters. The van der Waals surface area contributed by atoms with E-state index in [0.29, 0.717) is 11.4 Å². The molecule has 8 heteroatoms. The second-order valence-corrected chi connectivity index (χ2v) is 7.53. The fourth-order valence-electron chi connectivity index (χ4n) is 2.67. The fourth-order valence-corrected chi connectivity index (χ4v) is 3.93. The Kier molecular flexibility index (Phi) is 4.24. The van der Waals surface area contributed by atoms with E-state index in [0.717, 1.165) is 34.2 Å². The lowest BCUT2D eigenvalue weighted by molar-refractivity contribution is 0.628. The van der Waals surface area contributed by atoms with Gasteiger partial charge in [0.05, 0.1) is 5.02 Å². The number of nitriles is 1. The Morgan fingerprint density at radius 2 is 2.16 bits per heavy atom. The maximum Gasteiger partial charge on any atom is 0.192 e. The van der Waals surface area contributed by atoms with E-state index in [2.05, 4.69) is 20.4 Å². The van der Waals surface area contributed by atoms with Gasteiger partial charge in [-0.1, -0.05) is 24.4 Å². The number of hydrogen-bond donors (Lipinski definition) is 1. The van der Waals surface area contributed by atoms with Gasteiger partial charge in [-0.3, -0.25) is 0 Å². The van der Waals surface area contributed by atoms with Crippen LogP contribution in [0.1, 0.15) is 29.8 Å². The standard InChI is InChI=1S/C17H13ClFN5S/c18-11-7-10(4-5-12(11)19)17-21-16(15-13(8-20)22-24-23-15)14(25-17)6-3-9-1-2-9/h4-5,7,9H,1-3,6H2,(H,22,23,24). The topological polar surface area (TPSA) is 78.2 Å². The highest BCUT2D eigenvalue weighted by molar-refractivity contribution is 7.15. The zero-order chi connectivity index (χ0) is 17.4. The second kappa shape index (κ2) is 6.54. The van der Waals surface area contributed by atoms with Crippen LogP contribution < -0.4 is 0 Å². The molecule has 1 N–H and O–H groups in total. The lowest BCUT2D eigenvalue weighted by Crippen LogP contribution is -1.90. The van der Waals surface area contributed by atoms with Gasteiger partial charge in [0.15, 0.2) is 11.4 Å². The van der Waals surface area contributed by atoms with Gasteiger partial charge in [0.1, 0.15) is 22.6 Å². The number of aryl methyl sites for hydroxylation is 1. The molecule has 1 fully saturated rings. The van der Waals surface area contributed by atoms with E-state index in [-0.39, 0.29) is 10.7 Å². The molecule has 0 bridgehead atoms. The first-order valence-electron chi connectivity index (χ1n) is 7.92. The summed E-state index contributed by atoms with van der Waals surface area (Å²) in [6.45, 7) is 0. The van der Waals surface area contributed by atoms with Gasteiger partial charge in [-0.15, -0.1) is 16.4 Å². The van der Waals surface area contributed by atoms with E-state index in [1.807, 2.05) is 6.07 Å². The van der Waals surface area contributed by atoms with Gasteiger partial charge in [0.2, 0.25) is 0 Å². The molecule has 1 aliphatic rings. The number of hydrogen-bond acceptors (Lipinski definition) is 5. The SMILES string of the molecule is N#Cc1n[nH]nc1-c1nc(-c2ccc(F)c(Cl)c2)sc1CCC1CC1. The van der Waals surface area contributed by atoms with Gasteiger partial charge in [-0.05, 0) is 37.0 Å². The number of rotatable bonds is 5. The molecule has 0 unspecified atom stereocenters. The number of nitrogens with one attached hydrogen (secondary N) is 1. The first-order valence-corrected chi connectivity index (χ1v) is 9.11. The van der Waals surface area contributed by atoms with Crippen molar-refractivity contribution >= 4 is 22.9 Å². The van der Waals surface area contributed by atoms with Crippen LogP contribution in [0.15, 0.2) is 18.2 Å². The van der Waals surface area contributed by atoms with Crippen molar-refractivity contribution in [1.82, 2.24) is 20.4 Å². The highest BCUT2D eigenvalue weighted by atomic mass is 35.5. The molecular formula is C17H13ClFN5S. The normalized spacial score (nSPS) is 13.8. The Hall–Kier alpha value is -2.30.